The van der Waals surface area contributed by atoms with Crippen LogP contribution >= 0.6 is 0 Å². The molecule has 0 aliphatic heterocycles. The van der Waals surface area contributed by atoms with Gasteiger partial charge >= 0.3 is 21.1 Å². The molecule has 7 nitrogen and oxygen atoms in total. The third-order valence-corrected chi connectivity index (χ3v) is 9.70. The Morgan fingerprint density at radius 3 is 1.94 bits per heavy atom. The van der Waals surface area contributed by atoms with Crippen molar-refractivity contribution in [2.24, 2.45) is 0 Å². The zero-order chi connectivity index (χ0) is 32.8. The van der Waals surface area contributed by atoms with Gasteiger partial charge in [0.15, 0.2) is 5.82 Å². The molecule has 0 aliphatic carbocycles. The molecular formula is C43H23N7Pt. The zero-order valence-corrected chi connectivity index (χ0v) is 29.0. The van der Waals surface area contributed by atoms with Crippen LogP contribution in [0.5, 0.6) is 0 Å². The van der Waals surface area contributed by atoms with Gasteiger partial charge in [0.25, 0.3) is 0 Å². The quantitative estimate of drug-likeness (QED) is 0.166. The summed E-state index contributed by atoms with van der Waals surface area (Å²) in [5.74, 6) is 0.735. The number of aromatic nitrogens is 7. The van der Waals surface area contributed by atoms with E-state index in [4.69, 9.17) is 10.1 Å². The summed E-state index contributed by atoms with van der Waals surface area (Å²) in [5.41, 5.74) is 7.88. The van der Waals surface area contributed by atoms with Gasteiger partial charge in [-0.1, -0.05) is 96.3 Å². The predicted octanol–water partition coefficient (Wildman–Crippen LogP) is 9.58. The molecule has 0 fully saturated rings. The van der Waals surface area contributed by atoms with E-state index in [1.165, 1.54) is 5.39 Å². The van der Waals surface area contributed by atoms with Gasteiger partial charge in [0, 0.05) is 46.2 Å². The minimum atomic E-state index is 0. The van der Waals surface area contributed by atoms with E-state index in [1.54, 1.807) is 18.6 Å². The molecule has 6 aromatic carbocycles. The molecule has 0 radical (unpaired) electrons. The Bertz CT molecular complexity index is 3170. The molecular weight excluding hydrogens is 810 g/mol. The van der Waals surface area contributed by atoms with E-state index < -0.39 is 0 Å². The fourth-order valence-corrected chi connectivity index (χ4v) is 7.38. The van der Waals surface area contributed by atoms with Crippen molar-refractivity contribution >= 4 is 76.2 Å². The maximum absolute atomic E-state index is 5.00. The first kappa shape index (κ1) is 29.6. The van der Waals surface area contributed by atoms with E-state index >= 15 is 0 Å². The Morgan fingerprint density at radius 2 is 1.20 bits per heavy atom. The van der Waals surface area contributed by atoms with Crippen LogP contribution in [0, 0.1) is 12.1 Å². The third kappa shape index (κ3) is 4.52. The molecule has 11 aromatic rings. The van der Waals surface area contributed by atoms with Crippen LogP contribution in [0.15, 0.2) is 140 Å². The van der Waals surface area contributed by atoms with Gasteiger partial charge in [-0.15, -0.1) is 39.3 Å². The summed E-state index contributed by atoms with van der Waals surface area (Å²) in [7, 11) is 0. The van der Waals surface area contributed by atoms with Gasteiger partial charge in [0.05, 0.1) is 5.52 Å². The first-order valence-electron chi connectivity index (χ1n) is 16.4. The van der Waals surface area contributed by atoms with Gasteiger partial charge in [-0.05, 0) is 62.1 Å². The summed E-state index contributed by atoms with van der Waals surface area (Å²) in [5, 5.41) is 18.3. The van der Waals surface area contributed by atoms with Crippen LogP contribution in [0.1, 0.15) is 0 Å². The molecule has 0 aliphatic rings. The van der Waals surface area contributed by atoms with Crippen LogP contribution < -0.4 is 0 Å². The molecule has 0 amide bonds. The van der Waals surface area contributed by atoms with E-state index in [1.807, 2.05) is 24.4 Å². The molecule has 0 N–H and O–H groups in total. The Hall–Kier alpha value is -6.30. The van der Waals surface area contributed by atoms with Crippen molar-refractivity contribution in [2.45, 2.75) is 0 Å². The van der Waals surface area contributed by atoms with Crippen LogP contribution in [0.3, 0.4) is 0 Å². The Morgan fingerprint density at radius 1 is 0.510 bits per heavy atom. The molecule has 5 heterocycles. The number of benzene rings is 6. The first-order chi connectivity index (χ1) is 24.8. The number of hydrogen-bond acceptors (Lipinski definition) is 5. The molecule has 0 unspecified atom stereocenters. The maximum Gasteiger partial charge on any atom is 2.00 e. The number of pyridine rings is 1. The zero-order valence-electron chi connectivity index (χ0n) is 26.7. The molecule has 0 saturated carbocycles. The number of rotatable bonds is 3. The Labute approximate surface area is 305 Å². The normalized spacial score (nSPS) is 11.8. The molecule has 240 valence electrons. The van der Waals surface area contributed by atoms with E-state index in [-0.39, 0.29) is 21.1 Å². The second-order valence-electron chi connectivity index (χ2n) is 12.6. The fourth-order valence-electron chi connectivity index (χ4n) is 7.38. The van der Waals surface area contributed by atoms with E-state index in [2.05, 4.69) is 133 Å². The van der Waals surface area contributed by atoms with Crippen LogP contribution in [0.4, 0.5) is 0 Å². The van der Waals surface area contributed by atoms with Gasteiger partial charge in [-0.25, -0.2) is 0 Å². The maximum atomic E-state index is 5.00. The summed E-state index contributed by atoms with van der Waals surface area (Å²) in [6, 6.07) is 47.9. The standard InChI is InChI=1S/C43H23N7.Pt/c1-3-9-28-19-38-34(17-26(28)7-1)33-14-13-32(23-40(33)50(38)42-22-30-11-5-6-12-36(30)47-48-42)49-39-20-29-10-4-2-8-27(29)18-35(39)43-41(49)21-31(24-46-43)37-25-44-15-16-45-37;/h1-20,22,24-25H;/q-2;+2. The van der Waals surface area contributed by atoms with Gasteiger partial charge < -0.3 is 19.1 Å². The monoisotopic (exact) mass is 832 g/mol. The summed E-state index contributed by atoms with van der Waals surface area (Å²) in [6.07, 6.45) is 6.93. The first-order valence-corrected chi connectivity index (χ1v) is 16.4. The summed E-state index contributed by atoms with van der Waals surface area (Å²) in [4.78, 5) is 13.8. The molecule has 51 heavy (non-hydrogen) atoms. The van der Waals surface area contributed by atoms with Crippen molar-refractivity contribution in [1.29, 1.82) is 0 Å². The second kappa shape index (κ2) is 11.4. The minimum absolute atomic E-state index is 0. The van der Waals surface area contributed by atoms with E-state index in [9.17, 15) is 0 Å². The Balaban J connectivity index is 0.00000327. The van der Waals surface area contributed by atoms with Gasteiger partial charge in [-0.3, -0.25) is 4.98 Å². The van der Waals surface area contributed by atoms with Crippen molar-refractivity contribution < 1.29 is 21.1 Å². The average Bonchev–Trinajstić information content (AvgIpc) is 3.66. The van der Waals surface area contributed by atoms with E-state index in [0.717, 1.165) is 87.9 Å². The van der Waals surface area contributed by atoms with Crippen molar-refractivity contribution in [2.75, 3.05) is 0 Å². The molecule has 8 heteroatoms. The smallest absolute Gasteiger partial charge is 0.350 e. The van der Waals surface area contributed by atoms with Crippen molar-refractivity contribution in [3.8, 4) is 22.8 Å². The van der Waals surface area contributed by atoms with Gasteiger partial charge in [0.2, 0.25) is 0 Å². The summed E-state index contributed by atoms with van der Waals surface area (Å²) >= 11 is 0. The SMILES string of the molecule is [Pt+2].[c-]1c(-n2c3[c-]c(-c4cnccn4)cnc3c3cc4ccccc4cc32)ccc2c3cc4ccccc4cc3n(-c3cc4ccccc4nn3)c12. The van der Waals surface area contributed by atoms with Crippen molar-refractivity contribution in [1.82, 2.24) is 34.3 Å². The number of fused-ring (bicyclic) bond motifs is 9. The van der Waals surface area contributed by atoms with Crippen LogP contribution in [-0.2, 0) is 21.1 Å². The largest absolute Gasteiger partial charge is 2.00 e. The number of hydrogen-bond donors (Lipinski definition) is 0. The topological polar surface area (TPSA) is 74.3 Å². The molecule has 0 spiro atoms. The summed E-state index contributed by atoms with van der Waals surface area (Å²) in [6.45, 7) is 0. The van der Waals surface area contributed by atoms with Crippen LogP contribution in [0.2, 0.25) is 0 Å². The average molecular weight is 833 g/mol. The Kier molecular flexibility index (Phi) is 6.60. The van der Waals surface area contributed by atoms with Crippen LogP contribution in [-0.4, -0.2) is 34.3 Å². The molecule has 11 rings (SSSR count). The van der Waals surface area contributed by atoms with Crippen molar-refractivity contribution in [3.63, 3.8) is 0 Å². The fraction of sp³-hybridized carbons (Fsp3) is 0. The number of nitrogens with zero attached hydrogens (tertiary/aromatic N) is 7. The van der Waals surface area contributed by atoms with Gasteiger partial charge in [-0.2, -0.15) is 6.07 Å². The summed E-state index contributed by atoms with van der Waals surface area (Å²) < 4.78 is 4.41. The van der Waals surface area contributed by atoms with E-state index in [0.29, 0.717) is 5.69 Å². The van der Waals surface area contributed by atoms with Crippen LogP contribution in [0.25, 0.3) is 99.0 Å². The molecule has 5 aromatic heterocycles. The molecule has 0 atom stereocenters. The molecule has 0 bridgehead atoms. The van der Waals surface area contributed by atoms with Gasteiger partial charge in [0.1, 0.15) is 0 Å². The second-order valence-corrected chi connectivity index (χ2v) is 12.6. The molecule has 0 saturated heterocycles. The minimum Gasteiger partial charge on any atom is -0.350 e. The van der Waals surface area contributed by atoms with Crippen molar-refractivity contribution in [3.05, 3.63) is 152 Å². The third-order valence-electron chi connectivity index (χ3n) is 9.70. The predicted molar refractivity (Wildman–Crippen MR) is 200 cm³/mol.